The van der Waals surface area contributed by atoms with E-state index in [1.807, 2.05) is 25.1 Å². The van der Waals surface area contributed by atoms with Crippen LogP contribution in [-0.4, -0.2) is 44.0 Å². The third-order valence-electron chi connectivity index (χ3n) is 4.06. The predicted octanol–water partition coefficient (Wildman–Crippen LogP) is -0.000600. The Morgan fingerprint density at radius 2 is 2.00 bits per heavy atom. The van der Waals surface area contributed by atoms with Gasteiger partial charge in [-0.1, -0.05) is 30.3 Å². The molecule has 0 saturated heterocycles. The van der Waals surface area contributed by atoms with Crippen LogP contribution in [-0.2, 0) is 9.59 Å². The van der Waals surface area contributed by atoms with Crippen LogP contribution in [0.15, 0.2) is 36.4 Å². The Bertz CT molecular complexity index is 569. The lowest BCUT2D eigenvalue weighted by Crippen LogP contribution is -3.13. The monoisotopic (exact) mass is 316 g/mol. The molecule has 1 heterocycles. The summed E-state index contributed by atoms with van der Waals surface area (Å²) in [6.45, 7) is 6.32. The van der Waals surface area contributed by atoms with Gasteiger partial charge in [-0.3, -0.25) is 9.59 Å². The number of amides is 2. The highest BCUT2D eigenvalue weighted by molar-refractivity contribution is 5.87. The number of carbonyl (C=O) groups excluding carboxylic acids is 2. The molecule has 2 atom stereocenters. The van der Waals surface area contributed by atoms with Gasteiger partial charge in [0.15, 0.2) is 6.54 Å². The number of benzene rings is 1. The number of carbonyl (C=O) groups is 2. The molecule has 5 nitrogen and oxygen atoms in total. The molecule has 0 radical (unpaired) electrons. The smallest absolute Gasteiger partial charge is 0.275 e. The number of rotatable bonds is 6. The van der Waals surface area contributed by atoms with Crippen molar-refractivity contribution >= 4 is 17.4 Å². The molecule has 2 rings (SSSR count). The average Bonchev–Trinajstić information content (AvgIpc) is 2.56. The minimum atomic E-state index is -0.484. The maximum atomic E-state index is 12.0. The second-order valence-electron chi connectivity index (χ2n) is 5.91. The number of likely N-dealkylation sites (N-methyl/N-ethyl adjacent to an activating group) is 1. The van der Waals surface area contributed by atoms with Crippen LogP contribution in [0.1, 0.15) is 25.8 Å². The number of nitrogens with one attached hydrogen (secondary N) is 3. The Morgan fingerprint density at radius 1 is 1.26 bits per heavy atom. The number of quaternary nitrogens is 1. The molecule has 1 aliphatic heterocycles. The van der Waals surface area contributed by atoms with E-state index in [9.17, 15) is 9.59 Å². The van der Waals surface area contributed by atoms with Gasteiger partial charge in [0.05, 0.1) is 13.1 Å². The molecule has 3 N–H and O–H groups in total. The lowest BCUT2D eigenvalue weighted by Gasteiger charge is -2.24. The zero-order valence-electron chi connectivity index (χ0n) is 13.9. The Balaban J connectivity index is 1.80. The maximum absolute atomic E-state index is 12.0. The number of hydrogen-bond donors (Lipinski definition) is 3. The van der Waals surface area contributed by atoms with Crippen LogP contribution in [0.4, 0.5) is 0 Å². The summed E-state index contributed by atoms with van der Waals surface area (Å²) in [4.78, 5) is 24.9. The van der Waals surface area contributed by atoms with E-state index in [0.29, 0.717) is 13.1 Å². The Labute approximate surface area is 137 Å². The lowest BCUT2D eigenvalue weighted by atomic mass is 10.00. The molecule has 2 amide bonds. The Kier molecular flexibility index (Phi) is 6.35. The summed E-state index contributed by atoms with van der Waals surface area (Å²) in [5, 5.41) is 5.47. The minimum Gasteiger partial charge on any atom is -0.355 e. The highest BCUT2D eigenvalue weighted by Crippen LogP contribution is 2.17. The van der Waals surface area contributed by atoms with E-state index >= 15 is 0 Å². The van der Waals surface area contributed by atoms with Gasteiger partial charge in [0, 0.05) is 13.0 Å². The molecular weight excluding hydrogens is 290 g/mol. The fourth-order valence-corrected chi connectivity index (χ4v) is 2.77. The van der Waals surface area contributed by atoms with Crippen LogP contribution < -0.4 is 15.5 Å². The molecule has 5 heteroatoms. The van der Waals surface area contributed by atoms with Gasteiger partial charge in [0.1, 0.15) is 6.04 Å². The van der Waals surface area contributed by atoms with Crippen molar-refractivity contribution in [3.63, 3.8) is 0 Å². The molecule has 0 bridgehead atoms. The maximum Gasteiger partial charge on any atom is 0.275 e. The van der Waals surface area contributed by atoms with Gasteiger partial charge in [0.25, 0.3) is 5.91 Å². The predicted molar refractivity (Wildman–Crippen MR) is 90.9 cm³/mol. The van der Waals surface area contributed by atoms with Crippen LogP contribution in [0.3, 0.4) is 0 Å². The first kappa shape index (κ1) is 17.2. The van der Waals surface area contributed by atoms with Gasteiger partial charge in [-0.05, 0) is 31.1 Å². The van der Waals surface area contributed by atoms with Crippen molar-refractivity contribution in [1.29, 1.82) is 0 Å². The van der Waals surface area contributed by atoms with E-state index in [-0.39, 0.29) is 11.8 Å². The van der Waals surface area contributed by atoms with Crippen LogP contribution in [0.5, 0.6) is 0 Å². The van der Waals surface area contributed by atoms with E-state index in [0.717, 1.165) is 19.5 Å². The summed E-state index contributed by atoms with van der Waals surface area (Å²) < 4.78 is 0. The molecule has 0 saturated carbocycles. The molecule has 0 spiro atoms. The van der Waals surface area contributed by atoms with Gasteiger partial charge < -0.3 is 15.5 Å². The summed E-state index contributed by atoms with van der Waals surface area (Å²) >= 11 is 0. The standard InChI is InChI=1S/C18H25N3O2/c1-3-19-18(23)14(2)20-17(22)13-21-11-9-16(10-12-21)15-7-5-4-6-8-15/h4-9,14H,3,10-13H2,1-2H3,(H,19,23)(H,20,22)/p+1/t14-/m1/s1. The molecular formula is C18H26N3O2+. The average molecular weight is 316 g/mol. The molecule has 1 aliphatic rings. The van der Waals surface area contributed by atoms with Gasteiger partial charge in [-0.15, -0.1) is 0 Å². The zero-order chi connectivity index (χ0) is 16.7. The summed E-state index contributed by atoms with van der Waals surface area (Å²) in [6, 6.07) is 9.87. The van der Waals surface area contributed by atoms with Crippen LogP contribution in [0.2, 0.25) is 0 Å². The second-order valence-corrected chi connectivity index (χ2v) is 5.91. The first-order chi connectivity index (χ1) is 11.1. The molecule has 124 valence electrons. The van der Waals surface area contributed by atoms with E-state index in [1.54, 1.807) is 6.92 Å². The minimum absolute atomic E-state index is 0.0738. The van der Waals surface area contributed by atoms with E-state index < -0.39 is 6.04 Å². The molecule has 1 aromatic rings. The zero-order valence-corrected chi connectivity index (χ0v) is 13.9. The largest absolute Gasteiger partial charge is 0.355 e. The number of hydrogen-bond acceptors (Lipinski definition) is 2. The van der Waals surface area contributed by atoms with Crippen molar-refractivity contribution < 1.29 is 14.5 Å². The van der Waals surface area contributed by atoms with Gasteiger partial charge in [0.2, 0.25) is 5.91 Å². The Hall–Kier alpha value is -2.14. The Morgan fingerprint density at radius 3 is 2.61 bits per heavy atom. The third-order valence-corrected chi connectivity index (χ3v) is 4.06. The molecule has 0 aliphatic carbocycles. The molecule has 1 unspecified atom stereocenters. The molecule has 0 aromatic heterocycles. The van der Waals surface area contributed by atoms with Crippen molar-refractivity contribution in [3.05, 3.63) is 42.0 Å². The highest BCUT2D eigenvalue weighted by atomic mass is 16.2. The van der Waals surface area contributed by atoms with Crippen LogP contribution >= 0.6 is 0 Å². The van der Waals surface area contributed by atoms with Crippen molar-refractivity contribution in [2.45, 2.75) is 26.3 Å². The van der Waals surface area contributed by atoms with Crippen molar-refractivity contribution in [3.8, 4) is 0 Å². The highest BCUT2D eigenvalue weighted by Gasteiger charge is 2.21. The van der Waals surface area contributed by atoms with Crippen LogP contribution in [0, 0.1) is 0 Å². The summed E-state index contributed by atoms with van der Waals surface area (Å²) in [7, 11) is 0. The quantitative estimate of drug-likeness (QED) is 0.692. The third kappa shape index (κ3) is 5.21. The first-order valence-electron chi connectivity index (χ1n) is 8.25. The van der Waals surface area contributed by atoms with Crippen molar-refractivity contribution in [1.82, 2.24) is 10.6 Å². The van der Waals surface area contributed by atoms with E-state index in [1.165, 1.54) is 16.0 Å². The normalized spacial score (nSPS) is 18.7. The molecule has 1 aromatic carbocycles. The topological polar surface area (TPSA) is 62.6 Å². The van der Waals surface area contributed by atoms with Crippen LogP contribution in [0.25, 0.3) is 5.57 Å². The van der Waals surface area contributed by atoms with Gasteiger partial charge in [-0.2, -0.15) is 0 Å². The summed E-state index contributed by atoms with van der Waals surface area (Å²) in [5.74, 6) is -0.212. The summed E-state index contributed by atoms with van der Waals surface area (Å²) in [6.07, 6.45) is 3.19. The van der Waals surface area contributed by atoms with E-state index in [4.69, 9.17) is 0 Å². The van der Waals surface area contributed by atoms with Gasteiger partial charge in [-0.25, -0.2) is 0 Å². The van der Waals surface area contributed by atoms with E-state index in [2.05, 4.69) is 28.8 Å². The molecule has 23 heavy (non-hydrogen) atoms. The lowest BCUT2D eigenvalue weighted by molar-refractivity contribution is -0.886. The fraction of sp³-hybridized carbons (Fsp3) is 0.444. The van der Waals surface area contributed by atoms with Crippen molar-refractivity contribution in [2.75, 3.05) is 26.2 Å². The SMILES string of the molecule is CCNC(=O)[C@@H](C)NC(=O)C[NH+]1CC=C(c2ccccc2)CC1. The first-order valence-corrected chi connectivity index (χ1v) is 8.25. The van der Waals surface area contributed by atoms with Gasteiger partial charge >= 0.3 is 0 Å². The fourth-order valence-electron chi connectivity index (χ4n) is 2.77. The summed E-state index contributed by atoms with van der Waals surface area (Å²) in [5.41, 5.74) is 2.62. The van der Waals surface area contributed by atoms with Crippen molar-refractivity contribution in [2.24, 2.45) is 0 Å². The second kappa shape index (κ2) is 8.48. The molecule has 0 fully saturated rings.